The van der Waals surface area contributed by atoms with Gasteiger partial charge in [0, 0.05) is 25.3 Å². The number of nitrogens with zero attached hydrogens (tertiary/aromatic N) is 1. The third kappa shape index (κ3) is 4.75. The van der Waals surface area contributed by atoms with Crippen LogP contribution in [0.5, 0.6) is 0 Å². The highest BCUT2D eigenvalue weighted by Gasteiger charge is 2.26. The van der Waals surface area contributed by atoms with E-state index >= 15 is 0 Å². The molecule has 2 heterocycles. The van der Waals surface area contributed by atoms with Gasteiger partial charge in [0.15, 0.2) is 0 Å². The molecular weight excluding hydrogens is 242 g/mol. The molecule has 2 fully saturated rings. The van der Waals surface area contributed by atoms with E-state index in [2.05, 4.69) is 10.2 Å². The van der Waals surface area contributed by atoms with E-state index in [9.17, 15) is 4.79 Å². The fraction of sp³-hybridized carbons (Fsp3) is 0.929. The maximum Gasteiger partial charge on any atom is 0.234 e. The molecule has 0 aromatic carbocycles. The maximum atomic E-state index is 12.1. The quantitative estimate of drug-likeness (QED) is 0.736. The smallest absolute Gasteiger partial charge is 0.234 e. The van der Waals surface area contributed by atoms with Gasteiger partial charge in [0.1, 0.15) is 0 Å². The van der Waals surface area contributed by atoms with Crippen LogP contribution in [0.4, 0.5) is 0 Å². The summed E-state index contributed by atoms with van der Waals surface area (Å²) in [4.78, 5) is 14.4. The Morgan fingerprint density at radius 2 is 2.11 bits per heavy atom. The number of carbonyl (C=O) groups excluding carboxylic acids is 1. The average Bonchev–Trinajstić information content (AvgIpc) is 2.84. The molecule has 2 saturated heterocycles. The van der Waals surface area contributed by atoms with Gasteiger partial charge in [-0.1, -0.05) is 0 Å². The molecule has 1 amide bonds. The highest BCUT2D eigenvalue weighted by atomic mass is 16.5. The molecule has 1 unspecified atom stereocenters. The Hall–Kier alpha value is -0.650. The minimum absolute atomic E-state index is 0.173. The minimum Gasteiger partial charge on any atom is -0.381 e. The zero-order valence-corrected chi connectivity index (χ0v) is 11.8. The molecule has 110 valence electrons. The van der Waals surface area contributed by atoms with Gasteiger partial charge in [-0.25, -0.2) is 0 Å². The second kappa shape index (κ2) is 7.82. The van der Waals surface area contributed by atoms with Crippen molar-refractivity contribution < 1.29 is 9.53 Å². The van der Waals surface area contributed by atoms with Crippen molar-refractivity contribution in [2.75, 3.05) is 32.8 Å². The van der Waals surface area contributed by atoms with E-state index in [1.807, 2.05) is 0 Å². The van der Waals surface area contributed by atoms with Crippen molar-refractivity contribution in [2.24, 2.45) is 5.73 Å². The SMILES string of the molecule is NCCCC1CCCN1CC(=O)NC1CCOCC1. The Balaban J connectivity index is 1.71. The zero-order valence-electron chi connectivity index (χ0n) is 11.8. The fourth-order valence-electron chi connectivity index (χ4n) is 3.08. The van der Waals surface area contributed by atoms with E-state index in [0.717, 1.165) is 52.0 Å². The monoisotopic (exact) mass is 269 g/mol. The van der Waals surface area contributed by atoms with E-state index < -0.39 is 0 Å². The molecule has 5 heteroatoms. The average molecular weight is 269 g/mol. The molecule has 0 bridgehead atoms. The second-order valence-corrected chi connectivity index (χ2v) is 5.65. The summed E-state index contributed by atoms with van der Waals surface area (Å²) < 4.78 is 5.30. The van der Waals surface area contributed by atoms with Crippen molar-refractivity contribution in [1.82, 2.24) is 10.2 Å². The largest absolute Gasteiger partial charge is 0.381 e. The third-order valence-electron chi connectivity index (χ3n) is 4.17. The van der Waals surface area contributed by atoms with Gasteiger partial charge in [-0.15, -0.1) is 0 Å². The summed E-state index contributed by atoms with van der Waals surface area (Å²) in [6, 6.07) is 0.871. The number of likely N-dealkylation sites (tertiary alicyclic amines) is 1. The maximum absolute atomic E-state index is 12.1. The zero-order chi connectivity index (χ0) is 13.5. The number of nitrogens with two attached hydrogens (primary N) is 1. The van der Waals surface area contributed by atoms with Crippen molar-refractivity contribution in [1.29, 1.82) is 0 Å². The normalized spacial score (nSPS) is 25.6. The summed E-state index contributed by atoms with van der Waals surface area (Å²) in [5.74, 6) is 0.173. The van der Waals surface area contributed by atoms with Crippen LogP contribution in [0.2, 0.25) is 0 Å². The summed E-state index contributed by atoms with van der Waals surface area (Å²) in [5, 5.41) is 3.14. The molecular formula is C14H27N3O2. The fourth-order valence-corrected chi connectivity index (χ4v) is 3.08. The lowest BCUT2D eigenvalue weighted by molar-refractivity contribution is -0.123. The second-order valence-electron chi connectivity index (χ2n) is 5.65. The molecule has 0 aromatic heterocycles. The van der Waals surface area contributed by atoms with Crippen LogP contribution in [0.25, 0.3) is 0 Å². The van der Waals surface area contributed by atoms with Crippen LogP contribution in [0, 0.1) is 0 Å². The number of hydrogen-bond donors (Lipinski definition) is 2. The van der Waals surface area contributed by atoms with Crippen LogP contribution in [-0.2, 0) is 9.53 Å². The Kier molecular flexibility index (Phi) is 6.07. The van der Waals surface area contributed by atoms with Crippen LogP contribution in [0.3, 0.4) is 0 Å². The van der Waals surface area contributed by atoms with Gasteiger partial charge in [-0.3, -0.25) is 9.69 Å². The molecule has 2 rings (SSSR count). The number of amides is 1. The summed E-state index contributed by atoms with van der Waals surface area (Å²) in [5.41, 5.74) is 5.57. The molecule has 2 aliphatic rings. The summed E-state index contributed by atoms with van der Waals surface area (Å²) >= 11 is 0. The van der Waals surface area contributed by atoms with Gasteiger partial charge in [-0.05, 0) is 51.6 Å². The van der Waals surface area contributed by atoms with Gasteiger partial charge in [-0.2, -0.15) is 0 Å². The van der Waals surface area contributed by atoms with Crippen LogP contribution in [-0.4, -0.2) is 55.7 Å². The van der Waals surface area contributed by atoms with E-state index in [-0.39, 0.29) is 5.91 Å². The molecule has 3 N–H and O–H groups in total. The number of rotatable bonds is 6. The Morgan fingerprint density at radius 3 is 2.84 bits per heavy atom. The Morgan fingerprint density at radius 1 is 1.32 bits per heavy atom. The number of carbonyl (C=O) groups is 1. The molecule has 19 heavy (non-hydrogen) atoms. The molecule has 0 aliphatic carbocycles. The van der Waals surface area contributed by atoms with Gasteiger partial charge >= 0.3 is 0 Å². The van der Waals surface area contributed by atoms with Gasteiger partial charge in [0.05, 0.1) is 6.54 Å². The first-order valence-corrected chi connectivity index (χ1v) is 7.61. The standard InChI is InChI=1S/C14H27N3O2/c15-7-1-3-13-4-2-8-17(13)11-14(18)16-12-5-9-19-10-6-12/h12-13H,1-11,15H2,(H,16,18). The molecule has 0 aromatic rings. The molecule has 5 nitrogen and oxygen atoms in total. The first kappa shape index (κ1) is 14.8. The Labute approximate surface area is 115 Å². The first-order chi connectivity index (χ1) is 9.29. The van der Waals surface area contributed by atoms with E-state index in [1.165, 1.54) is 12.8 Å². The van der Waals surface area contributed by atoms with Crippen molar-refractivity contribution in [3.05, 3.63) is 0 Å². The van der Waals surface area contributed by atoms with Gasteiger partial charge in [0.25, 0.3) is 0 Å². The summed E-state index contributed by atoms with van der Waals surface area (Å²) in [7, 11) is 0. The first-order valence-electron chi connectivity index (χ1n) is 7.61. The van der Waals surface area contributed by atoms with Gasteiger partial charge < -0.3 is 15.8 Å². The van der Waals surface area contributed by atoms with E-state index in [4.69, 9.17) is 10.5 Å². The van der Waals surface area contributed by atoms with Gasteiger partial charge in [0.2, 0.25) is 5.91 Å². The predicted octanol–water partition coefficient (Wildman–Crippen LogP) is 0.485. The van der Waals surface area contributed by atoms with E-state index in [0.29, 0.717) is 18.6 Å². The predicted molar refractivity (Wildman–Crippen MR) is 74.9 cm³/mol. The third-order valence-corrected chi connectivity index (χ3v) is 4.17. The highest BCUT2D eigenvalue weighted by Crippen LogP contribution is 2.20. The van der Waals surface area contributed by atoms with Crippen molar-refractivity contribution in [2.45, 2.75) is 50.6 Å². The molecule has 0 saturated carbocycles. The highest BCUT2D eigenvalue weighted by molar-refractivity contribution is 5.78. The van der Waals surface area contributed by atoms with Crippen LogP contribution in [0.15, 0.2) is 0 Å². The van der Waals surface area contributed by atoms with E-state index in [1.54, 1.807) is 0 Å². The molecule has 0 spiro atoms. The molecule has 1 atom stereocenters. The minimum atomic E-state index is 0.173. The number of ether oxygens (including phenoxy) is 1. The van der Waals surface area contributed by atoms with Crippen molar-refractivity contribution in [3.8, 4) is 0 Å². The van der Waals surface area contributed by atoms with Crippen molar-refractivity contribution >= 4 is 5.91 Å². The molecule has 2 aliphatic heterocycles. The van der Waals surface area contributed by atoms with Crippen molar-refractivity contribution in [3.63, 3.8) is 0 Å². The lowest BCUT2D eigenvalue weighted by atomic mass is 10.1. The van der Waals surface area contributed by atoms with Crippen LogP contribution in [0.1, 0.15) is 38.5 Å². The number of hydrogen-bond acceptors (Lipinski definition) is 4. The summed E-state index contributed by atoms with van der Waals surface area (Å²) in [6.07, 6.45) is 6.50. The van der Waals surface area contributed by atoms with Crippen LogP contribution >= 0.6 is 0 Å². The number of nitrogens with one attached hydrogen (secondary N) is 1. The lowest BCUT2D eigenvalue weighted by Gasteiger charge is -2.27. The topological polar surface area (TPSA) is 67.6 Å². The molecule has 0 radical (unpaired) electrons. The summed E-state index contributed by atoms with van der Waals surface area (Å²) in [6.45, 7) is 3.89. The Bertz CT molecular complexity index is 280. The van der Waals surface area contributed by atoms with Crippen LogP contribution < -0.4 is 11.1 Å². The lowest BCUT2D eigenvalue weighted by Crippen LogP contribution is -2.45.